The van der Waals surface area contributed by atoms with Crippen LogP contribution in [0.4, 0.5) is 26.3 Å². The van der Waals surface area contributed by atoms with Crippen molar-refractivity contribution in [3.63, 3.8) is 0 Å². The van der Waals surface area contributed by atoms with Crippen LogP contribution >= 0.6 is 0 Å². The lowest BCUT2D eigenvalue weighted by atomic mass is 10.0. The van der Waals surface area contributed by atoms with Crippen LogP contribution in [0.3, 0.4) is 0 Å². The van der Waals surface area contributed by atoms with E-state index in [-0.39, 0.29) is 24.2 Å². The summed E-state index contributed by atoms with van der Waals surface area (Å²) in [5.41, 5.74) is -0.294. The van der Waals surface area contributed by atoms with Crippen molar-refractivity contribution in [1.82, 2.24) is 15.1 Å². The Labute approximate surface area is 219 Å². The second-order valence-electron chi connectivity index (χ2n) is 9.58. The molecule has 0 saturated carbocycles. The van der Waals surface area contributed by atoms with Crippen LogP contribution in [0.2, 0.25) is 0 Å². The standard InChI is InChI=1S/C29H31F6N3/c30-28(31,32)25-17-23(18-26(19-25)29(33,34)35)20-36-21-27(24-9-5-2-6-10-24)38-15-13-37(14-16-38)12-11-22-7-3-1-4-8-22/h1-10,17-19,27,36H,11-16,20-21H2. The second-order valence-corrected chi connectivity index (χ2v) is 9.58. The molecule has 0 amide bonds. The predicted molar refractivity (Wildman–Crippen MR) is 135 cm³/mol. The Balaban J connectivity index is 1.40. The van der Waals surface area contributed by atoms with Gasteiger partial charge in [-0.2, -0.15) is 26.3 Å². The van der Waals surface area contributed by atoms with Crippen LogP contribution in [-0.2, 0) is 25.3 Å². The van der Waals surface area contributed by atoms with Gasteiger partial charge < -0.3 is 10.2 Å². The molecule has 0 bridgehead atoms. The van der Waals surface area contributed by atoms with Gasteiger partial charge in [0.05, 0.1) is 11.1 Å². The van der Waals surface area contributed by atoms with Gasteiger partial charge in [0.2, 0.25) is 0 Å². The molecule has 1 unspecified atom stereocenters. The Morgan fingerprint density at radius 3 is 1.79 bits per heavy atom. The van der Waals surface area contributed by atoms with Crippen LogP contribution in [0.5, 0.6) is 0 Å². The summed E-state index contributed by atoms with van der Waals surface area (Å²) in [6.45, 7) is 4.66. The summed E-state index contributed by atoms with van der Waals surface area (Å²) in [6.07, 6.45) is -8.74. The summed E-state index contributed by atoms with van der Waals surface area (Å²) in [6, 6.07) is 21.8. The van der Waals surface area contributed by atoms with Crippen molar-refractivity contribution in [2.24, 2.45) is 0 Å². The van der Waals surface area contributed by atoms with Crippen molar-refractivity contribution in [3.05, 3.63) is 107 Å². The van der Waals surface area contributed by atoms with Gasteiger partial charge in [-0.15, -0.1) is 0 Å². The van der Waals surface area contributed by atoms with Crippen molar-refractivity contribution < 1.29 is 26.3 Å². The molecule has 1 aliphatic rings. The second kappa shape index (κ2) is 12.3. The highest BCUT2D eigenvalue weighted by Gasteiger charge is 2.37. The molecule has 1 atom stereocenters. The third kappa shape index (κ3) is 7.82. The molecule has 0 aromatic heterocycles. The largest absolute Gasteiger partial charge is 0.416 e. The van der Waals surface area contributed by atoms with Gasteiger partial charge in [0, 0.05) is 51.9 Å². The molecule has 0 spiro atoms. The molecule has 1 aliphatic heterocycles. The van der Waals surface area contributed by atoms with Crippen molar-refractivity contribution in [2.75, 3.05) is 39.3 Å². The summed E-state index contributed by atoms with van der Waals surface area (Å²) >= 11 is 0. The van der Waals surface area contributed by atoms with Gasteiger partial charge in [-0.1, -0.05) is 60.7 Å². The molecule has 0 radical (unpaired) electrons. The number of hydrogen-bond donors (Lipinski definition) is 1. The van der Waals surface area contributed by atoms with Crippen molar-refractivity contribution >= 4 is 0 Å². The molecule has 9 heteroatoms. The Kier molecular flexibility index (Phi) is 9.12. The minimum absolute atomic E-state index is 0.0512. The van der Waals surface area contributed by atoms with E-state index in [4.69, 9.17) is 0 Å². The maximum absolute atomic E-state index is 13.2. The molecule has 1 N–H and O–H groups in total. The van der Waals surface area contributed by atoms with Crippen molar-refractivity contribution in [2.45, 2.75) is 31.4 Å². The SMILES string of the molecule is FC(F)(F)c1cc(CNCC(c2ccccc2)N2CCN(CCc3ccccc3)CC2)cc(C(F)(F)F)c1. The van der Waals surface area contributed by atoms with Gasteiger partial charge >= 0.3 is 12.4 Å². The first-order chi connectivity index (χ1) is 18.1. The quantitative estimate of drug-likeness (QED) is 0.319. The first-order valence-electron chi connectivity index (χ1n) is 12.6. The number of nitrogens with zero attached hydrogens (tertiary/aromatic N) is 2. The summed E-state index contributed by atoms with van der Waals surface area (Å²) in [5, 5.41) is 3.12. The van der Waals surface area contributed by atoms with Crippen LogP contribution < -0.4 is 5.32 Å². The van der Waals surface area contributed by atoms with Gasteiger partial charge in [-0.3, -0.25) is 4.90 Å². The first-order valence-corrected chi connectivity index (χ1v) is 12.6. The van der Waals surface area contributed by atoms with E-state index in [1.807, 2.05) is 48.5 Å². The Hall–Kier alpha value is -2.88. The van der Waals surface area contributed by atoms with Crippen LogP contribution in [0, 0.1) is 0 Å². The lowest BCUT2D eigenvalue weighted by Crippen LogP contribution is -2.49. The van der Waals surface area contributed by atoms with E-state index in [0.717, 1.165) is 56.8 Å². The zero-order chi connectivity index (χ0) is 27.2. The minimum atomic E-state index is -4.86. The third-order valence-electron chi connectivity index (χ3n) is 6.91. The Morgan fingerprint density at radius 1 is 0.684 bits per heavy atom. The van der Waals surface area contributed by atoms with E-state index in [1.54, 1.807) is 0 Å². The molecule has 3 nitrogen and oxygen atoms in total. The maximum atomic E-state index is 13.2. The molecule has 3 aromatic carbocycles. The summed E-state index contributed by atoms with van der Waals surface area (Å²) < 4.78 is 79.4. The van der Waals surface area contributed by atoms with Gasteiger partial charge in [-0.05, 0) is 41.3 Å². The molecule has 4 rings (SSSR count). The number of benzene rings is 3. The van der Waals surface area contributed by atoms with Gasteiger partial charge in [0.1, 0.15) is 0 Å². The highest BCUT2D eigenvalue weighted by molar-refractivity contribution is 5.33. The molecule has 1 fully saturated rings. The summed E-state index contributed by atoms with van der Waals surface area (Å²) in [5.74, 6) is 0. The molecular weight excluding hydrogens is 504 g/mol. The molecule has 38 heavy (non-hydrogen) atoms. The van der Waals surface area contributed by atoms with Gasteiger partial charge in [0.15, 0.2) is 0 Å². The maximum Gasteiger partial charge on any atom is 0.416 e. The van der Waals surface area contributed by atoms with Crippen LogP contribution in [0.15, 0.2) is 78.9 Å². The number of hydrogen-bond acceptors (Lipinski definition) is 3. The normalized spacial score (nSPS) is 16.5. The van der Waals surface area contributed by atoms with E-state index < -0.39 is 23.5 Å². The van der Waals surface area contributed by atoms with E-state index in [1.165, 1.54) is 5.56 Å². The monoisotopic (exact) mass is 535 g/mol. The Morgan fingerprint density at radius 2 is 1.24 bits per heavy atom. The lowest BCUT2D eigenvalue weighted by Gasteiger charge is -2.39. The molecular formula is C29H31F6N3. The number of alkyl halides is 6. The zero-order valence-electron chi connectivity index (χ0n) is 20.9. The average Bonchev–Trinajstić information content (AvgIpc) is 2.90. The molecule has 0 aliphatic carbocycles. The van der Waals surface area contributed by atoms with Crippen LogP contribution in [0.25, 0.3) is 0 Å². The Bertz CT molecular complexity index is 1110. The predicted octanol–water partition coefficient (Wildman–Crippen LogP) is 6.42. The number of rotatable bonds is 9. The van der Waals surface area contributed by atoms with E-state index in [0.29, 0.717) is 6.54 Å². The third-order valence-corrected chi connectivity index (χ3v) is 6.91. The fourth-order valence-electron chi connectivity index (χ4n) is 4.84. The fourth-order valence-corrected chi connectivity index (χ4v) is 4.84. The topological polar surface area (TPSA) is 18.5 Å². The van der Waals surface area contributed by atoms with E-state index in [2.05, 4.69) is 27.2 Å². The number of piperazine rings is 1. The first kappa shape index (κ1) is 28.1. The lowest BCUT2D eigenvalue weighted by molar-refractivity contribution is -0.143. The summed E-state index contributed by atoms with van der Waals surface area (Å²) in [4.78, 5) is 4.74. The smallest absolute Gasteiger partial charge is 0.311 e. The van der Waals surface area contributed by atoms with Gasteiger partial charge in [0.25, 0.3) is 0 Å². The van der Waals surface area contributed by atoms with E-state index in [9.17, 15) is 26.3 Å². The summed E-state index contributed by atoms with van der Waals surface area (Å²) in [7, 11) is 0. The zero-order valence-corrected chi connectivity index (χ0v) is 20.9. The molecule has 204 valence electrons. The molecule has 1 heterocycles. The highest BCUT2D eigenvalue weighted by Crippen LogP contribution is 2.36. The number of halogens is 6. The fraction of sp³-hybridized carbons (Fsp3) is 0.379. The minimum Gasteiger partial charge on any atom is -0.311 e. The molecule has 1 saturated heterocycles. The highest BCUT2D eigenvalue weighted by atomic mass is 19.4. The average molecular weight is 536 g/mol. The van der Waals surface area contributed by atoms with Gasteiger partial charge in [-0.25, -0.2) is 0 Å². The molecule has 3 aromatic rings. The van der Waals surface area contributed by atoms with Crippen molar-refractivity contribution in [3.8, 4) is 0 Å². The van der Waals surface area contributed by atoms with Crippen molar-refractivity contribution in [1.29, 1.82) is 0 Å². The van der Waals surface area contributed by atoms with Crippen LogP contribution in [0.1, 0.15) is 33.9 Å². The number of nitrogens with one attached hydrogen (secondary N) is 1. The van der Waals surface area contributed by atoms with Crippen LogP contribution in [-0.4, -0.2) is 49.1 Å². The van der Waals surface area contributed by atoms with E-state index >= 15 is 0 Å².